The highest BCUT2D eigenvalue weighted by atomic mass is 79.9. The normalized spacial score (nSPS) is 20.3. The molecule has 0 aromatic heterocycles. The summed E-state index contributed by atoms with van der Waals surface area (Å²) in [7, 11) is 0. The average molecular weight is 332 g/mol. The van der Waals surface area contributed by atoms with Crippen LogP contribution in [-0.4, -0.2) is 47.8 Å². The molecular formula is C12H21BrF3NO. The Labute approximate surface area is 115 Å². The standard InChI is InChI=1S/C12H21BrF3NO/c13-8-11(4-2-1-3-5-11)9-17(6-7-18)10-12(14,15)16/h18H,1-10H2. The number of hydrogen-bond acceptors (Lipinski definition) is 2. The zero-order valence-corrected chi connectivity index (χ0v) is 12.1. The van der Waals surface area contributed by atoms with Crippen LogP contribution >= 0.6 is 15.9 Å². The summed E-state index contributed by atoms with van der Waals surface area (Å²) < 4.78 is 37.4. The molecule has 108 valence electrons. The third-order valence-electron chi connectivity index (χ3n) is 3.58. The molecule has 0 bridgehead atoms. The predicted octanol–water partition coefficient (Wildman–Crippen LogP) is 3.19. The van der Waals surface area contributed by atoms with Crippen LogP contribution in [0.3, 0.4) is 0 Å². The first kappa shape index (κ1) is 16.2. The summed E-state index contributed by atoms with van der Waals surface area (Å²) in [5, 5.41) is 9.63. The number of aliphatic hydroxyl groups is 1. The van der Waals surface area contributed by atoms with Crippen LogP contribution in [0.2, 0.25) is 0 Å². The van der Waals surface area contributed by atoms with Gasteiger partial charge in [-0.05, 0) is 18.3 Å². The smallest absolute Gasteiger partial charge is 0.395 e. The lowest BCUT2D eigenvalue weighted by molar-refractivity contribution is -0.150. The van der Waals surface area contributed by atoms with E-state index in [9.17, 15) is 13.2 Å². The zero-order valence-electron chi connectivity index (χ0n) is 10.5. The van der Waals surface area contributed by atoms with Crippen molar-refractivity contribution in [1.29, 1.82) is 0 Å². The molecule has 1 aliphatic carbocycles. The molecule has 1 saturated carbocycles. The first-order valence-electron chi connectivity index (χ1n) is 6.37. The third kappa shape index (κ3) is 5.45. The fraction of sp³-hybridized carbons (Fsp3) is 1.00. The van der Waals surface area contributed by atoms with E-state index < -0.39 is 12.7 Å². The molecule has 18 heavy (non-hydrogen) atoms. The highest BCUT2D eigenvalue weighted by Crippen LogP contribution is 2.39. The van der Waals surface area contributed by atoms with Crippen molar-refractivity contribution in [1.82, 2.24) is 4.90 Å². The second kappa shape index (κ2) is 7.10. The van der Waals surface area contributed by atoms with Gasteiger partial charge < -0.3 is 5.11 Å². The van der Waals surface area contributed by atoms with Crippen molar-refractivity contribution in [3.8, 4) is 0 Å². The Bertz CT molecular complexity index is 242. The van der Waals surface area contributed by atoms with Crippen molar-refractivity contribution >= 4 is 15.9 Å². The summed E-state index contributed by atoms with van der Waals surface area (Å²) in [4.78, 5) is 1.34. The van der Waals surface area contributed by atoms with Crippen LogP contribution in [0.25, 0.3) is 0 Å². The first-order chi connectivity index (χ1) is 8.41. The van der Waals surface area contributed by atoms with Gasteiger partial charge in [0.15, 0.2) is 0 Å². The second-order valence-electron chi connectivity index (χ2n) is 5.24. The van der Waals surface area contributed by atoms with Gasteiger partial charge in [0.2, 0.25) is 0 Å². The Kier molecular flexibility index (Phi) is 6.41. The van der Waals surface area contributed by atoms with Gasteiger partial charge in [-0.3, -0.25) is 4.90 Å². The molecule has 1 rings (SSSR count). The van der Waals surface area contributed by atoms with Gasteiger partial charge >= 0.3 is 6.18 Å². The number of nitrogens with zero attached hydrogens (tertiary/aromatic N) is 1. The van der Waals surface area contributed by atoms with Crippen molar-refractivity contribution in [2.24, 2.45) is 5.41 Å². The molecule has 1 N–H and O–H groups in total. The van der Waals surface area contributed by atoms with Gasteiger partial charge in [-0.1, -0.05) is 35.2 Å². The fourth-order valence-corrected chi connectivity index (χ4v) is 3.46. The molecule has 1 fully saturated rings. The molecule has 2 nitrogen and oxygen atoms in total. The summed E-state index contributed by atoms with van der Waals surface area (Å²) in [5.41, 5.74) is -0.0569. The Morgan fingerprint density at radius 3 is 2.22 bits per heavy atom. The van der Waals surface area contributed by atoms with Gasteiger partial charge in [0.1, 0.15) is 0 Å². The van der Waals surface area contributed by atoms with Crippen LogP contribution in [0.1, 0.15) is 32.1 Å². The lowest BCUT2D eigenvalue weighted by Gasteiger charge is -2.40. The van der Waals surface area contributed by atoms with E-state index in [-0.39, 0.29) is 18.6 Å². The van der Waals surface area contributed by atoms with Crippen LogP contribution in [-0.2, 0) is 0 Å². The van der Waals surface area contributed by atoms with Gasteiger partial charge in [-0.2, -0.15) is 13.2 Å². The zero-order chi connectivity index (χ0) is 13.6. The molecule has 0 radical (unpaired) electrons. The van der Waals surface area contributed by atoms with Gasteiger partial charge in [0.25, 0.3) is 0 Å². The molecule has 1 aliphatic rings. The van der Waals surface area contributed by atoms with Crippen molar-refractivity contribution in [2.75, 3.05) is 31.6 Å². The first-order valence-corrected chi connectivity index (χ1v) is 7.49. The van der Waals surface area contributed by atoms with E-state index in [4.69, 9.17) is 5.11 Å². The minimum Gasteiger partial charge on any atom is -0.395 e. The van der Waals surface area contributed by atoms with E-state index in [0.717, 1.165) is 31.0 Å². The van der Waals surface area contributed by atoms with Gasteiger partial charge in [0.05, 0.1) is 13.2 Å². The quantitative estimate of drug-likeness (QED) is 0.755. The summed E-state index contributed by atoms with van der Waals surface area (Å²) >= 11 is 3.46. The summed E-state index contributed by atoms with van der Waals surface area (Å²) in [5.74, 6) is 0. The average Bonchev–Trinajstić information content (AvgIpc) is 2.28. The Balaban J connectivity index is 2.62. The highest BCUT2D eigenvalue weighted by molar-refractivity contribution is 9.09. The summed E-state index contributed by atoms with van der Waals surface area (Å²) in [6, 6.07) is 0. The minimum absolute atomic E-state index is 0.0569. The largest absolute Gasteiger partial charge is 0.401 e. The maximum Gasteiger partial charge on any atom is 0.401 e. The van der Waals surface area contributed by atoms with Crippen LogP contribution < -0.4 is 0 Å². The Morgan fingerprint density at radius 2 is 1.78 bits per heavy atom. The number of alkyl halides is 4. The van der Waals surface area contributed by atoms with E-state index in [2.05, 4.69) is 15.9 Å². The second-order valence-corrected chi connectivity index (χ2v) is 5.80. The lowest BCUT2D eigenvalue weighted by Crippen LogP contribution is -2.45. The highest BCUT2D eigenvalue weighted by Gasteiger charge is 2.37. The lowest BCUT2D eigenvalue weighted by atomic mass is 9.75. The Hall–Kier alpha value is 0.190. The molecular weight excluding hydrogens is 311 g/mol. The maximum absolute atomic E-state index is 12.5. The molecule has 0 atom stereocenters. The van der Waals surface area contributed by atoms with E-state index in [0.29, 0.717) is 6.54 Å². The van der Waals surface area contributed by atoms with Crippen molar-refractivity contribution in [3.63, 3.8) is 0 Å². The molecule has 0 unspecified atom stereocenters. The number of aliphatic hydroxyl groups excluding tert-OH is 1. The molecule has 0 aromatic rings. The number of halogens is 4. The SMILES string of the molecule is OCCN(CC(F)(F)F)CC1(CBr)CCCCC1. The minimum atomic E-state index is -4.20. The molecule has 0 spiro atoms. The topological polar surface area (TPSA) is 23.5 Å². The van der Waals surface area contributed by atoms with Crippen LogP contribution in [0.4, 0.5) is 13.2 Å². The maximum atomic E-state index is 12.5. The monoisotopic (exact) mass is 331 g/mol. The van der Waals surface area contributed by atoms with E-state index in [1.807, 2.05) is 0 Å². The summed E-state index contributed by atoms with van der Waals surface area (Å²) in [6.07, 6.45) is 1.09. The fourth-order valence-electron chi connectivity index (χ4n) is 2.72. The predicted molar refractivity (Wildman–Crippen MR) is 68.9 cm³/mol. The van der Waals surface area contributed by atoms with Gasteiger partial charge in [-0.25, -0.2) is 0 Å². The molecule has 0 heterocycles. The third-order valence-corrected chi connectivity index (χ3v) is 4.77. The van der Waals surface area contributed by atoms with E-state index >= 15 is 0 Å². The molecule has 0 amide bonds. The van der Waals surface area contributed by atoms with Crippen LogP contribution in [0.5, 0.6) is 0 Å². The van der Waals surface area contributed by atoms with Crippen LogP contribution in [0, 0.1) is 5.41 Å². The number of rotatable bonds is 6. The molecule has 6 heteroatoms. The summed E-state index contributed by atoms with van der Waals surface area (Å²) in [6.45, 7) is -0.649. The van der Waals surface area contributed by atoms with Crippen molar-refractivity contribution in [2.45, 2.75) is 38.3 Å². The molecule has 0 saturated heterocycles. The molecule has 0 aromatic carbocycles. The van der Waals surface area contributed by atoms with Crippen molar-refractivity contribution in [3.05, 3.63) is 0 Å². The van der Waals surface area contributed by atoms with E-state index in [1.54, 1.807) is 0 Å². The number of hydrogen-bond donors (Lipinski definition) is 1. The molecule has 0 aliphatic heterocycles. The van der Waals surface area contributed by atoms with Gasteiger partial charge in [0, 0.05) is 18.4 Å². The van der Waals surface area contributed by atoms with Crippen molar-refractivity contribution < 1.29 is 18.3 Å². The van der Waals surface area contributed by atoms with Crippen LogP contribution in [0.15, 0.2) is 0 Å². The van der Waals surface area contributed by atoms with E-state index in [1.165, 1.54) is 11.3 Å². The Morgan fingerprint density at radius 1 is 1.17 bits per heavy atom. The van der Waals surface area contributed by atoms with Gasteiger partial charge in [-0.15, -0.1) is 0 Å².